The van der Waals surface area contributed by atoms with E-state index in [0.717, 1.165) is 5.56 Å². The summed E-state index contributed by atoms with van der Waals surface area (Å²) in [4.78, 5) is 7.52. The zero-order valence-corrected chi connectivity index (χ0v) is 12.0. The molecule has 0 saturated heterocycles. The Balaban J connectivity index is 2.21. The molecule has 0 saturated carbocycles. The van der Waals surface area contributed by atoms with E-state index in [4.69, 9.17) is 6.57 Å². The Kier molecular flexibility index (Phi) is 3.28. The molecular weight excluding hydrogens is 244 g/mol. The van der Waals surface area contributed by atoms with Gasteiger partial charge in [0.15, 0.2) is 0 Å². The summed E-state index contributed by atoms with van der Waals surface area (Å²) in [7, 11) is 0. The first kappa shape index (κ1) is 12.9. The van der Waals surface area contributed by atoms with Gasteiger partial charge in [-0.15, -0.1) is 4.98 Å². The maximum Gasteiger partial charge on any atom is 0.270 e. The number of hydrogen-bond acceptors (Lipinski definition) is 1. The van der Waals surface area contributed by atoms with Gasteiger partial charge in [-0.05, 0) is 65.1 Å². The van der Waals surface area contributed by atoms with Crippen molar-refractivity contribution in [1.82, 2.24) is 4.98 Å². The Bertz CT molecular complexity index is 693. The normalized spacial score (nSPS) is 13.3. The van der Waals surface area contributed by atoms with Crippen LogP contribution in [0.4, 0.5) is 5.82 Å². The van der Waals surface area contributed by atoms with Gasteiger partial charge in [-0.1, -0.05) is 32.6 Å². The minimum absolute atomic E-state index is 0.470. The smallest absolute Gasteiger partial charge is 0.270 e. The first-order valence-electron chi connectivity index (χ1n) is 7.19. The summed E-state index contributed by atoms with van der Waals surface area (Å²) in [6, 6.07) is 8.40. The van der Waals surface area contributed by atoms with Crippen LogP contribution in [0.1, 0.15) is 42.9 Å². The summed E-state index contributed by atoms with van der Waals surface area (Å²) in [5.41, 5.74) is 6.90. The molecule has 1 aliphatic carbocycles. The molecule has 100 valence electrons. The van der Waals surface area contributed by atoms with Crippen molar-refractivity contribution in [3.63, 3.8) is 0 Å². The molecular formula is C18H18N2. The van der Waals surface area contributed by atoms with E-state index in [1.54, 1.807) is 11.8 Å². The molecule has 0 amide bonds. The van der Waals surface area contributed by atoms with Crippen molar-refractivity contribution in [1.29, 1.82) is 0 Å². The van der Waals surface area contributed by atoms with Gasteiger partial charge in [0.1, 0.15) is 6.20 Å². The molecule has 2 nitrogen and oxygen atoms in total. The zero-order valence-electron chi connectivity index (χ0n) is 12.0. The molecule has 1 aliphatic rings. The zero-order chi connectivity index (χ0) is 14.1. The van der Waals surface area contributed by atoms with Crippen LogP contribution in [0.25, 0.3) is 16.0 Å². The van der Waals surface area contributed by atoms with Crippen molar-refractivity contribution in [3.8, 4) is 11.1 Å². The van der Waals surface area contributed by atoms with Crippen LogP contribution in [0.5, 0.6) is 0 Å². The fourth-order valence-electron chi connectivity index (χ4n) is 3.25. The first-order chi connectivity index (χ1) is 9.70. The summed E-state index contributed by atoms with van der Waals surface area (Å²) in [6.45, 7) is 11.6. The molecule has 0 fully saturated rings. The molecule has 1 heterocycles. The third-order valence-electron chi connectivity index (χ3n) is 4.08. The monoisotopic (exact) mass is 262 g/mol. The van der Waals surface area contributed by atoms with E-state index >= 15 is 0 Å². The number of hydrogen-bond donors (Lipinski definition) is 0. The number of nitrogens with zero attached hydrogens (tertiary/aromatic N) is 2. The third kappa shape index (κ3) is 2.10. The quantitative estimate of drug-likeness (QED) is 0.703. The van der Waals surface area contributed by atoms with Crippen LogP contribution in [0.2, 0.25) is 0 Å². The molecule has 1 aromatic carbocycles. The highest BCUT2D eigenvalue weighted by molar-refractivity contribution is 5.72. The molecule has 0 radical (unpaired) electrons. The maximum absolute atomic E-state index is 7.13. The first-order valence-corrected chi connectivity index (χ1v) is 7.19. The molecule has 0 bridgehead atoms. The molecule has 2 heteroatoms. The third-order valence-corrected chi connectivity index (χ3v) is 4.08. The number of benzene rings is 1. The predicted molar refractivity (Wildman–Crippen MR) is 82.0 cm³/mol. The van der Waals surface area contributed by atoms with E-state index in [9.17, 15) is 0 Å². The van der Waals surface area contributed by atoms with Crippen molar-refractivity contribution in [3.05, 3.63) is 58.6 Å². The summed E-state index contributed by atoms with van der Waals surface area (Å²) in [5, 5.41) is 0. The summed E-state index contributed by atoms with van der Waals surface area (Å²) >= 11 is 0. The standard InChI is InChI=1S/C18H18N2/c1-12(2)18-15-6-4-5-13(15)7-8-16(18)14-9-10-20-17(11-14)19-3/h7-12H,4-6H2,1-2H3. The molecule has 0 atom stereocenters. The average Bonchev–Trinajstić information content (AvgIpc) is 2.94. The lowest BCUT2D eigenvalue weighted by Gasteiger charge is -2.18. The lowest BCUT2D eigenvalue weighted by Crippen LogP contribution is -1.99. The summed E-state index contributed by atoms with van der Waals surface area (Å²) < 4.78 is 0. The maximum atomic E-state index is 7.13. The van der Waals surface area contributed by atoms with Crippen LogP contribution in [-0.4, -0.2) is 4.98 Å². The van der Waals surface area contributed by atoms with Crippen molar-refractivity contribution in [2.45, 2.75) is 39.0 Å². The van der Waals surface area contributed by atoms with Crippen molar-refractivity contribution in [2.24, 2.45) is 0 Å². The minimum atomic E-state index is 0.470. The van der Waals surface area contributed by atoms with Gasteiger partial charge in [0.2, 0.25) is 0 Å². The van der Waals surface area contributed by atoms with E-state index in [1.165, 1.54) is 36.0 Å². The average molecular weight is 262 g/mol. The van der Waals surface area contributed by atoms with Gasteiger partial charge in [0, 0.05) is 0 Å². The van der Waals surface area contributed by atoms with Crippen molar-refractivity contribution < 1.29 is 0 Å². The van der Waals surface area contributed by atoms with Gasteiger partial charge < -0.3 is 4.85 Å². The molecule has 2 aromatic rings. The van der Waals surface area contributed by atoms with Crippen molar-refractivity contribution >= 4 is 5.82 Å². The second-order valence-electron chi connectivity index (χ2n) is 5.69. The van der Waals surface area contributed by atoms with E-state index in [-0.39, 0.29) is 0 Å². The molecule has 0 aliphatic heterocycles. The van der Waals surface area contributed by atoms with Gasteiger partial charge >= 0.3 is 0 Å². The van der Waals surface area contributed by atoms with E-state index < -0.39 is 0 Å². The lowest BCUT2D eigenvalue weighted by molar-refractivity contribution is 0.840. The Labute approximate surface area is 120 Å². The Morgan fingerprint density at radius 1 is 1.20 bits per heavy atom. The predicted octanol–water partition coefficient (Wildman–Crippen LogP) is 4.91. The second-order valence-corrected chi connectivity index (χ2v) is 5.69. The molecule has 1 aromatic heterocycles. The molecule has 3 rings (SSSR count). The van der Waals surface area contributed by atoms with Gasteiger partial charge in [0.05, 0.1) is 0 Å². The summed E-state index contributed by atoms with van der Waals surface area (Å²) in [5.74, 6) is 0.973. The van der Waals surface area contributed by atoms with Gasteiger partial charge in [0.25, 0.3) is 5.82 Å². The number of aryl methyl sites for hydroxylation is 1. The largest absolute Gasteiger partial charge is 0.361 e. The molecule has 0 N–H and O–H groups in total. The number of pyridine rings is 1. The van der Waals surface area contributed by atoms with E-state index in [1.807, 2.05) is 12.1 Å². The fourth-order valence-corrected chi connectivity index (χ4v) is 3.25. The topological polar surface area (TPSA) is 17.2 Å². The number of rotatable bonds is 2. The molecule has 20 heavy (non-hydrogen) atoms. The Morgan fingerprint density at radius 3 is 2.80 bits per heavy atom. The van der Waals surface area contributed by atoms with E-state index in [2.05, 4.69) is 35.8 Å². The van der Waals surface area contributed by atoms with Crippen LogP contribution in [0.15, 0.2) is 30.5 Å². The highest BCUT2D eigenvalue weighted by Gasteiger charge is 2.20. The number of fused-ring (bicyclic) bond motifs is 1. The van der Waals surface area contributed by atoms with Gasteiger partial charge in [-0.3, -0.25) is 0 Å². The molecule has 0 spiro atoms. The molecule has 0 unspecified atom stereocenters. The highest BCUT2D eigenvalue weighted by Crippen LogP contribution is 2.38. The van der Waals surface area contributed by atoms with Crippen LogP contribution in [-0.2, 0) is 12.8 Å². The van der Waals surface area contributed by atoms with E-state index in [0.29, 0.717) is 11.7 Å². The summed E-state index contributed by atoms with van der Waals surface area (Å²) in [6.07, 6.45) is 5.40. The Morgan fingerprint density at radius 2 is 2.05 bits per heavy atom. The van der Waals surface area contributed by atoms with Gasteiger partial charge in [-0.2, -0.15) is 0 Å². The number of aromatic nitrogens is 1. The van der Waals surface area contributed by atoms with Crippen LogP contribution >= 0.6 is 0 Å². The minimum Gasteiger partial charge on any atom is -0.361 e. The van der Waals surface area contributed by atoms with Crippen molar-refractivity contribution in [2.75, 3.05) is 0 Å². The van der Waals surface area contributed by atoms with Crippen LogP contribution in [0.3, 0.4) is 0 Å². The SMILES string of the molecule is [C-]#[N+]c1cc(-c2ccc3c(c2C(C)C)CCC3)ccn1. The van der Waals surface area contributed by atoms with Crippen LogP contribution < -0.4 is 0 Å². The van der Waals surface area contributed by atoms with Crippen LogP contribution in [0, 0.1) is 6.57 Å². The highest BCUT2D eigenvalue weighted by atomic mass is 14.8. The van der Waals surface area contributed by atoms with Gasteiger partial charge in [-0.25, -0.2) is 0 Å². The fraction of sp³-hybridized carbons (Fsp3) is 0.333. The second kappa shape index (κ2) is 5.09. The Hall–Kier alpha value is -2.14. The lowest BCUT2D eigenvalue weighted by atomic mass is 9.87.